The number of carbonyl (C=O) groups excluding carboxylic acids is 1. The van der Waals surface area contributed by atoms with Crippen LogP contribution >= 0.6 is 11.8 Å². The number of thioether (sulfide) groups is 1. The van der Waals surface area contributed by atoms with E-state index in [1.54, 1.807) is 25.3 Å². The molecule has 0 aromatic carbocycles. The Labute approximate surface area is 149 Å². The summed E-state index contributed by atoms with van der Waals surface area (Å²) in [6.45, 7) is 5.87. The molecule has 0 saturated carbocycles. The van der Waals surface area contributed by atoms with Crippen molar-refractivity contribution in [3.63, 3.8) is 0 Å². The second-order valence-electron chi connectivity index (χ2n) is 5.35. The van der Waals surface area contributed by atoms with Gasteiger partial charge in [0.25, 0.3) is 0 Å². The summed E-state index contributed by atoms with van der Waals surface area (Å²) in [4.78, 5) is 25.0. The predicted molar refractivity (Wildman–Crippen MR) is 95.4 cm³/mol. The predicted octanol–water partition coefficient (Wildman–Crippen LogP) is 3.29. The lowest BCUT2D eigenvalue weighted by Crippen LogP contribution is -2.07. The first kappa shape index (κ1) is 17.2. The number of hydrogen-bond donors (Lipinski definition) is 1. The molecule has 0 bridgehead atoms. The van der Waals surface area contributed by atoms with Crippen molar-refractivity contribution >= 4 is 34.6 Å². The van der Waals surface area contributed by atoms with Crippen molar-refractivity contribution in [1.29, 1.82) is 0 Å². The number of hydrogen-bond acceptors (Lipinski definition) is 8. The van der Waals surface area contributed by atoms with Crippen LogP contribution in [0, 0.1) is 13.8 Å². The van der Waals surface area contributed by atoms with Crippen molar-refractivity contribution in [3.05, 3.63) is 41.0 Å². The highest BCUT2D eigenvalue weighted by Crippen LogP contribution is 2.29. The number of esters is 1. The van der Waals surface area contributed by atoms with Gasteiger partial charge in [0, 0.05) is 11.8 Å². The van der Waals surface area contributed by atoms with E-state index in [1.807, 2.05) is 13.8 Å². The normalized spacial score (nSPS) is 11.0. The molecule has 0 atom stereocenters. The zero-order valence-corrected chi connectivity index (χ0v) is 15.0. The standard InChI is InChI=1S/C17H18N4O3S/c1-4-23-17(22)11-6-5-7-19-16(11)25-8-12-20-14(18)13-9(2)10(3)24-15(13)21-12/h5-7H,4,8H2,1-3H3,(H2,18,20,21). The molecule has 3 rings (SSSR count). The van der Waals surface area contributed by atoms with Crippen LogP contribution in [0.5, 0.6) is 0 Å². The molecular formula is C17H18N4O3S. The highest BCUT2D eigenvalue weighted by molar-refractivity contribution is 7.98. The SMILES string of the molecule is CCOC(=O)c1cccnc1SCc1nc(N)c2c(C)c(C)oc2n1. The van der Waals surface area contributed by atoms with Gasteiger partial charge in [0.1, 0.15) is 22.4 Å². The fourth-order valence-corrected chi connectivity index (χ4v) is 3.23. The second-order valence-corrected chi connectivity index (χ2v) is 6.32. The zero-order chi connectivity index (χ0) is 18.0. The third-order valence-electron chi connectivity index (χ3n) is 3.71. The molecule has 0 saturated heterocycles. The number of fused-ring (bicyclic) bond motifs is 1. The van der Waals surface area contributed by atoms with Gasteiger partial charge in [-0.05, 0) is 32.9 Å². The van der Waals surface area contributed by atoms with Crippen molar-refractivity contribution in [2.45, 2.75) is 31.6 Å². The molecule has 0 spiro atoms. The molecule has 2 N–H and O–H groups in total. The number of pyridine rings is 1. The summed E-state index contributed by atoms with van der Waals surface area (Å²) in [7, 11) is 0. The van der Waals surface area contributed by atoms with Crippen LogP contribution in [0.4, 0.5) is 5.82 Å². The first-order chi connectivity index (χ1) is 12.0. The number of ether oxygens (including phenoxy) is 1. The van der Waals surface area contributed by atoms with Crippen LogP contribution in [0.3, 0.4) is 0 Å². The van der Waals surface area contributed by atoms with Crippen molar-refractivity contribution in [1.82, 2.24) is 15.0 Å². The van der Waals surface area contributed by atoms with Crippen LogP contribution < -0.4 is 5.73 Å². The summed E-state index contributed by atoms with van der Waals surface area (Å²) >= 11 is 1.35. The van der Waals surface area contributed by atoms with Gasteiger partial charge in [0.05, 0.1) is 23.3 Å². The van der Waals surface area contributed by atoms with Crippen molar-refractivity contribution in [2.24, 2.45) is 0 Å². The average Bonchev–Trinajstić information content (AvgIpc) is 2.88. The molecule has 0 radical (unpaired) electrons. The second kappa shape index (κ2) is 7.10. The van der Waals surface area contributed by atoms with E-state index in [0.717, 1.165) is 16.7 Å². The lowest BCUT2D eigenvalue weighted by atomic mass is 10.2. The highest BCUT2D eigenvalue weighted by Gasteiger charge is 2.17. The molecule has 25 heavy (non-hydrogen) atoms. The van der Waals surface area contributed by atoms with Gasteiger partial charge in [-0.1, -0.05) is 11.8 Å². The Morgan fingerprint density at radius 3 is 2.92 bits per heavy atom. The smallest absolute Gasteiger partial charge is 0.340 e. The number of furan rings is 1. The number of nitrogens with two attached hydrogens (primary N) is 1. The lowest BCUT2D eigenvalue weighted by molar-refractivity contribution is 0.0521. The molecule has 0 aliphatic rings. The summed E-state index contributed by atoms with van der Waals surface area (Å²) in [5, 5.41) is 1.31. The minimum atomic E-state index is -0.397. The lowest BCUT2D eigenvalue weighted by Gasteiger charge is -2.07. The third kappa shape index (κ3) is 3.43. The van der Waals surface area contributed by atoms with Crippen LogP contribution in [-0.2, 0) is 10.5 Å². The maximum atomic E-state index is 12.0. The van der Waals surface area contributed by atoms with Gasteiger partial charge in [-0.15, -0.1) is 0 Å². The van der Waals surface area contributed by atoms with E-state index in [1.165, 1.54) is 11.8 Å². The van der Waals surface area contributed by atoms with Gasteiger partial charge in [-0.25, -0.2) is 14.8 Å². The number of nitrogens with zero attached hydrogens (tertiary/aromatic N) is 3. The third-order valence-corrected chi connectivity index (χ3v) is 4.71. The maximum Gasteiger partial charge on any atom is 0.340 e. The number of anilines is 1. The zero-order valence-electron chi connectivity index (χ0n) is 14.2. The first-order valence-electron chi connectivity index (χ1n) is 7.78. The number of carbonyl (C=O) groups is 1. The molecule has 0 amide bonds. The number of rotatable bonds is 5. The Kier molecular flexibility index (Phi) is 4.89. The topological polar surface area (TPSA) is 104 Å². The van der Waals surface area contributed by atoms with E-state index < -0.39 is 5.97 Å². The van der Waals surface area contributed by atoms with Gasteiger partial charge in [0.2, 0.25) is 5.71 Å². The quantitative estimate of drug-likeness (QED) is 0.547. The Morgan fingerprint density at radius 2 is 2.16 bits per heavy atom. The molecule has 3 aromatic heterocycles. The number of aromatic nitrogens is 3. The summed E-state index contributed by atoms with van der Waals surface area (Å²) in [5.74, 6) is 1.69. The number of aryl methyl sites for hydroxylation is 2. The van der Waals surface area contributed by atoms with E-state index in [2.05, 4.69) is 15.0 Å². The Hall–Kier alpha value is -2.61. The van der Waals surface area contributed by atoms with E-state index in [4.69, 9.17) is 14.9 Å². The van der Waals surface area contributed by atoms with Crippen LogP contribution in [0.1, 0.15) is 34.4 Å². The Bertz CT molecular complexity index is 939. The summed E-state index contributed by atoms with van der Waals surface area (Å²) in [6.07, 6.45) is 1.63. The van der Waals surface area contributed by atoms with Gasteiger partial charge < -0.3 is 14.9 Å². The van der Waals surface area contributed by atoms with E-state index in [0.29, 0.717) is 40.3 Å². The van der Waals surface area contributed by atoms with Gasteiger partial charge in [0.15, 0.2) is 0 Å². The molecule has 8 heteroatoms. The van der Waals surface area contributed by atoms with Crippen LogP contribution in [0.2, 0.25) is 0 Å². The molecule has 130 valence electrons. The minimum absolute atomic E-state index is 0.311. The number of nitrogen functional groups attached to an aromatic ring is 1. The maximum absolute atomic E-state index is 12.0. The molecule has 0 fully saturated rings. The van der Waals surface area contributed by atoms with Crippen molar-refractivity contribution < 1.29 is 13.9 Å². The molecule has 7 nitrogen and oxygen atoms in total. The van der Waals surface area contributed by atoms with E-state index in [9.17, 15) is 4.79 Å². The summed E-state index contributed by atoms with van der Waals surface area (Å²) in [5.41, 5.74) is 7.89. The average molecular weight is 358 g/mol. The van der Waals surface area contributed by atoms with Crippen LogP contribution in [-0.4, -0.2) is 27.5 Å². The minimum Gasteiger partial charge on any atom is -0.462 e. The molecule has 3 heterocycles. The molecular weight excluding hydrogens is 340 g/mol. The van der Waals surface area contributed by atoms with Crippen molar-refractivity contribution in [2.75, 3.05) is 12.3 Å². The summed E-state index contributed by atoms with van der Waals surface area (Å²) < 4.78 is 10.7. The monoisotopic (exact) mass is 358 g/mol. The van der Waals surface area contributed by atoms with Crippen molar-refractivity contribution in [3.8, 4) is 0 Å². The fraction of sp³-hybridized carbons (Fsp3) is 0.294. The largest absolute Gasteiger partial charge is 0.462 e. The summed E-state index contributed by atoms with van der Waals surface area (Å²) in [6, 6.07) is 3.39. The van der Waals surface area contributed by atoms with Crippen LogP contribution in [0.15, 0.2) is 27.8 Å². The molecule has 0 unspecified atom stereocenters. The van der Waals surface area contributed by atoms with Gasteiger partial charge in [-0.3, -0.25) is 0 Å². The molecule has 0 aliphatic heterocycles. The molecule has 0 aliphatic carbocycles. The van der Waals surface area contributed by atoms with Gasteiger partial charge in [-0.2, -0.15) is 4.98 Å². The Balaban J connectivity index is 1.85. The fourth-order valence-electron chi connectivity index (χ4n) is 2.39. The van der Waals surface area contributed by atoms with E-state index in [-0.39, 0.29) is 0 Å². The van der Waals surface area contributed by atoms with Crippen LogP contribution in [0.25, 0.3) is 11.1 Å². The first-order valence-corrected chi connectivity index (χ1v) is 8.76. The van der Waals surface area contributed by atoms with E-state index >= 15 is 0 Å². The highest BCUT2D eigenvalue weighted by atomic mass is 32.2. The Morgan fingerprint density at radius 1 is 1.36 bits per heavy atom. The molecule has 3 aromatic rings. The van der Waals surface area contributed by atoms with Gasteiger partial charge >= 0.3 is 5.97 Å².